The van der Waals surface area contributed by atoms with Crippen LogP contribution in [-0.4, -0.2) is 49.1 Å². The molecule has 86 valence electrons. The second kappa shape index (κ2) is 4.94. The number of carbonyl (C=O) groups excluding carboxylic acids is 1. The smallest absolute Gasteiger partial charge is 0.220 e. The van der Waals surface area contributed by atoms with Crippen molar-refractivity contribution in [1.29, 1.82) is 0 Å². The van der Waals surface area contributed by atoms with Crippen LogP contribution in [0, 0.1) is 0 Å². The quantitative estimate of drug-likeness (QED) is 0.670. The third-order valence-electron chi connectivity index (χ3n) is 3.33. The summed E-state index contributed by atoms with van der Waals surface area (Å²) in [7, 11) is 0. The van der Waals surface area contributed by atoms with Gasteiger partial charge in [-0.2, -0.15) is 0 Å². The van der Waals surface area contributed by atoms with Gasteiger partial charge in [0.25, 0.3) is 0 Å². The lowest BCUT2D eigenvalue weighted by Gasteiger charge is -2.39. The summed E-state index contributed by atoms with van der Waals surface area (Å²) in [5.41, 5.74) is 0. The fraction of sp³-hybridized carbons (Fsp3) is 0.909. The zero-order valence-corrected chi connectivity index (χ0v) is 9.46. The first-order valence-corrected chi connectivity index (χ1v) is 6.03. The van der Waals surface area contributed by atoms with E-state index in [1.54, 1.807) is 0 Å². The highest BCUT2D eigenvalue weighted by Crippen LogP contribution is 2.12. The number of nitrogens with one attached hydrogen (secondary N) is 2. The third-order valence-corrected chi connectivity index (χ3v) is 3.33. The van der Waals surface area contributed by atoms with Crippen LogP contribution in [0.2, 0.25) is 0 Å². The molecule has 0 saturated carbocycles. The summed E-state index contributed by atoms with van der Waals surface area (Å²) in [5.74, 6) is 0.225. The molecule has 1 unspecified atom stereocenters. The number of hydrogen-bond acceptors (Lipinski definition) is 3. The van der Waals surface area contributed by atoms with Gasteiger partial charge < -0.3 is 10.6 Å². The summed E-state index contributed by atoms with van der Waals surface area (Å²) in [5, 5.41) is 6.35. The zero-order valence-electron chi connectivity index (χ0n) is 9.46. The van der Waals surface area contributed by atoms with Crippen LogP contribution in [0.1, 0.15) is 26.2 Å². The van der Waals surface area contributed by atoms with Crippen molar-refractivity contribution in [3.05, 3.63) is 0 Å². The zero-order chi connectivity index (χ0) is 10.7. The Bertz CT molecular complexity index is 228. The van der Waals surface area contributed by atoms with E-state index in [-0.39, 0.29) is 5.91 Å². The topological polar surface area (TPSA) is 44.4 Å². The van der Waals surface area contributed by atoms with Gasteiger partial charge in [-0.1, -0.05) is 6.92 Å². The Labute approximate surface area is 91.4 Å². The maximum Gasteiger partial charge on any atom is 0.220 e. The number of carbonyl (C=O) groups is 1. The summed E-state index contributed by atoms with van der Waals surface area (Å²) < 4.78 is 0. The van der Waals surface area contributed by atoms with Crippen molar-refractivity contribution < 1.29 is 4.79 Å². The van der Waals surface area contributed by atoms with Gasteiger partial charge in [0.1, 0.15) is 0 Å². The molecule has 0 aromatic carbocycles. The second-order valence-corrected chi connectivity index (χ2v) is 4.61. The summed E-state index contributed by atoms with van der Waals surface area (Å²) in [6, 6.07) is 1.09. The fourth-order valence-electron chi connectivity index (χ4n) is 2.34. The molecule has 0 radical (unpaired) electrons. The first kappa shape index (κ1) is 10.9. The first-order chi connectivity index (χ1) is 7.29. The lowest BCUT2D eigenvalue weighted by Crippen LogP contribution is -2.59. The van der Waals surface area contributed by atoms with E-state index in [1.165, 1.54) is 6.42 Å². The molecule has 0 aromatic heterocycles. The van der Waals surface area contributed by atoms with Crippen LogP contribution in [0.25, 0.3) is 0 Å². The van der Waals surface area contributed by atoms with Crippen molar-refractivity contribution in [2.75, 3.05) is 26.2 Å². The molecule has 2 saturated heterocycles. The lowest BCUT2D eigenvalue weighted by molar-refractivity contribution is -0.119. The predicted octanol–water partition coefficient (Wildman–Crippen LogP) is -0.0512. The van der Waals surface area contributed by atoms with Crippen LogP contribution in [0.4, 0.5) is 0 Å². The molecule has 2 aliphatic rings. The molecule has 15 heavy (non-hydrogen) atoms. The molecule has 4 nitrogen and oxygen atoms in total. The van der Waals surface area contributed by atoms with Gasteiger partial charge in [-0.25, -0.2) is 0 Å². The summed E-state index contributed by atoms with van der Waals surface area (Å²) >= 11 is 0. The Kier molecular flexibility index (Phi) is 3.59. The number of rotatable bonds is 5. The molecular formula is C11H21N3O. The highest BCUT2D eigenvalue weighted by atomic mass is 16.1. The van der Waals surface area contributed by atoms with Gasteiger partial charge in [0, 0.05) is 38.1 Å². The van der Waals surface area contributed by atoms with Crippen LogP contribution < -0.4 is 10.6 Å². The van der Waals surface area contributed by atoms with E-state index in [2.05, 4.69) is 22.5 Å². The van der Waals surface area contributed by atoms with Crippen molar-refractivity contribution >= 4 is 5.91 Å². The van der Waals surface area contributed by atoms with Crippen molar-refractivity contribution in [2.45, 2.75) is 38.3 Å². The van der Waals surface area contributed by atoms with Crippen molar-refractivity contribution in [3.8, 4) is 0 Å². The number of amides is 1. The van der Waals surface area contributed by atoms with Crippen molar-refractivity contribution in [3.63, 3.8) is 0 Å². The molecular weight excluding hydrogens is 190 g/mol. The minimum absolute atomic E-state index is 0.225. The van der Waals surface area contributed by atoms with Crippen LogP contribution in [0.15, 0.2) is 0 Å². The molecule has 0 aromatic rings. The molecule has 2 fully saturated rings. The molecule has 0 bridgehead atoms. The molecule has 4 heteroatoms. The SMILES string of the molecule is CCCN(CC1CCC(=O)N1)C1CNC1. The summed E-state index contributed by atoms with van der Waals surface area (Å²) in [4.78, 5) is 13.6. The molecule has 2 heterocycles. The molecule has 0 spiro atoms. The Balaban J connectivity index is 1.80. The Hall–Kier alpha value is -0.610. The van der Waals surface area contributed by atoms with Crippen LogP contribution >= 0.6 is 0 Å². The molecule has 2 N–H and O–H groups in total. The molecule has 1 amide bonds. The molecule has 1 atom stereocenters. The minimum Gasteiger partial charge on any atom is -0.352 e. The van der Waals surface area contributed by atoms with E-state index < -0.39 is 0 Å². The van der Waals surface area contributed by atoms with Gasteiger partial charge in [-0.3, -0.25) is 9.69 Å². The van der Waals surface area contributed by atoms with Gasteiger partial charge >= 0.3 is 0 Å². The predicted molar refractivity (Wildman–Crippen MR) is 59.7 cm³/mol. The average molecular weight is 211 g/mol. The van der Waals surface area contributed by atoms with Crippen LogP contribution in [0.5, 0.6) is 0 Å². The normalized spacial score (nSPS) is 26.8. The van der Waals surface area contributed by atoms with Gasteiger partial charge in [0.2, 0.25) is 5.91 Å². The monoisotopic (exact) mass is 211 g/mol. The Morgan fingerprint density at radius 1 is 1.47 bits per heavy atom. The fourth-order valence-corrected chi connectivity index (χ4v) is 2.34. The highest BCUT2D eigenvalue weighted by molar-refractivity contribution is 5.78. The standard InChI is InChI=1S/C11H21N3O/c1-2-5-14(10-6-12-7-10)8-9-3-4-11(15)13-9/h9-10,12H,2-8H2,1H3,(H,13,15). The van der Waals surface area contributed by atoms with Gasteiger partial charge in [0.15, 0.2) is 0 Å². The van der Waals surface area contributed by atoms with Crippen LogP contribution in [0.3, 0.4) is 0 Å². The van der Waals surface area contributed by atoms with Crippen molar-refractivity contribution in [2.24, 2.45) is 0 Å². The molecule has 2 rings (SSSR count). The average Bonchev–Trinajstić information content (AvgIpc) is 2.48. The van der Waals surface area contributed by atoms with Gasteiger partial charge in [-0.05, 0) is 19.4 Å². The van der Waals surface area contributed by atoms with E-state index in [1.807, 2.05) is 0 Å². The summed E-state index contributed by atoms with van der Waals surface area (Å²) in [6.07, 6.45) is 2.92. The minimum atomic E-state index is 0.225. The number of nitrogens with zero attached hydrogens (tertiary/aromatic N) is 1. The molecule has 0 aliphatic carbocycles. The Morgan fingerprint density at radius 2 is 2.27 bits per heavy atom. The van der Waals surface area contributed by atoms with E-state index >= 15 is 0 Å². The van der Waals surface area contributed by atoms with Gasteiger partial charge in [-0.15, -0.1) is 0 Å². The highest BCUT2D eigenvalue weighted by Gasteiger charge is 2.28. The van der Waals surface area contributed by atoms with E-state index in [9.17, 15) is 4.79 Å². The second-order valence-electron chi connectivity index (χ2n) is 4.61. The first-order valence-electron chi connectivity index (χ1n) is 6.03. The lowest BCUT2D eigenvalue weighted by atomic mass is 10.1. The van der Waals surface area contributed by atoms with E-state index in [0.29, 0.717) is 18.5 Å². The van der Waals surface area contributed by atoms with Gasteiger partial charge in [0.05, 0.1) is 0 Å². The maximum atomic E-state index is 11.1. The van der Waals surface area contributed by atoms with Crippen molar-refractivity contribution in [1.82, 2.24) is 15.5 Å². The number of hydrogen-bond donors (Lipinski definition) is 2. The largest absolute Gasteiger partial charge is 0.352 e. The van der Waals surface area contributed by atoms with E-state index in [4.69, 9.17) is 0 Å². The van der Waals surface area contributed by atoms with E-state index in [0.717, 1.165) is 32.6 Å². The molecule has 2 aliphatic heterocycles. The summed E-state index contributed by atoms with van der Waals surface area (Å²) in [6.45, 7) is 6.62. The maximum absolute atomic E-state index is 11.1. The van der Waals surface area contributed by atoms with Crippen LogP contribution in [-0.2, 0) is 4.79 Å². The third kappa shape index (κ3) is 2.69. The Morgan fingerprint density at radius 3 is 2.73 bits per heavy atom.